The number of hydrogen-bond donors (Lipinski definition) is 0. The van der Waals surface area contributed by atoms with Gasteiger partial charge in [0.2, 0.25) is 0 Å². The Morgan fingerprint density at radius 1 is 1.75 bits per heavy atom. The summed E-state index contributed by atoms with van der Waals surface area (Å²) in [6.07, 6.45) is 4.78. The quantitative estimate of drug-likeness (QED) is 0.663. The molecule has 1 fully saturated rings. The molecule has 3 heteroatoms. The predicted octanol–water partition coefficient (Wildman–Crippen LogP) is 1.37. The minimum Gasteiger partial charge on any atom is -0.376 e. The van der Waals surface area contributed by atoms with Crippen LogP contribution >= 0.6 is 0 Å². The van der Waals surface area contributed by atoms with Crippen LogP contribution in [0.3, 0.4) is 0 Å². The Balaban J connectivity index is 1.94. The van der Waals surface area contributed by atoms with Crippen LogP contribution in [-0.2, 0) is 11.3 Å². The molecule has 66 valence electrons. The van der Waals surface area contributed by atoms with E-state index in [1.54, 1.807) is 0 Å². The van der Waals surface area contributed by atoms with Gasteiger partial charge in [-0.15, -0.1) is 0 Å². The lowest BCUT2D eigenvalue weighted by Crippen LogP contribution is -2.15. The Morgan fingerprint density at radius 3 is 3.25 bits per heavy atom. The first-order valence-corrected chi connectivity index (χ1v) is 4.46. The largest absolute Gasteiger partial charge is 0.376 e. The first-order chi connectivity index (χ1) is 5.84. The van der Waals surface area contributed by atoms with Crippen LogP contribution in [0, 0.1) is 6.92 Å². The molecule has 0 N–H and O–H groups in total. The molecule has 1 aromatic heterocycles. The molecule has 0 aliphatic carbocycles. The van der Waals surface area contributed by atoms with E-state index >= 15 is 0 Å². The molecular weight excluding hydrogens is 152 g/mol. The zero-order chi connectivity index (χ0) is 8.39. The number of hydrogen-bond acceptors (Lipinski definition) is 2. The van der Waals surface area contributed by atoms with Gasteiger partial charge in [-0.25, -0.2) is 0 Å². The summed E-state index contributed by atoms with van der Waals surface area (Å²) >= 11 is 0. The first-order valence-electron chi connectivity index (χ1n) is 4.46. The van der Waals surface area contributed by atoms with Gasteiger partial charge < -0.3 is 4.74 Å². The van der Waals surface area contributed by atoms with E-state index in [1.165, 1.54) is 12.8 Å². The van der Waals surface area contributed by atoms with Crippen LogP contribution in [-0.4, -0.2) is 22.5 Å². The fourth-order valence-corrected chi connectivity index (χ4v) is 1.56. The Morgan fingerprint density at radius 2 is 2.67 bits per heavy atom. The molecule has 0 bridgehead atoms. The minimum absolute atomic E-state index is 0.393. The average Bonchev–Trinajstić information content (AvgIpc) is 2.63. The van der Waals surface area contributed by atoms with Crippen LogP contribution in [0.15, 0.2) is 12.3 Å². The lowest BCUT2D eigenvalue weighted by Gasteiger charge is -2.08. The number of rotatable bonds is 2. The van der Waals surface area contributed by atoms with Crippen molar-refractivity contribution in [2.45, 2.75) is 32.4 Å². The molecule has 1 saturated heterocycles. The third-order valence-electron chi connectivity index (χ3n) is 2.19. The van der Waals surface area contributed by atoms with E-state index in [-0.39, 0.29) is 0 Å². The fraction of sp³-hybridized carbons (Fsp3) is 0.667. The molecular formula is C9H14N2O. The average molecular weight is 166 g/mol. The molecule has 1 atom stereocenters. The normalized spacial score (nSPS) is 23.2. The van der Waals surface area contributed by atoms with Crippen molar-refractivity contribution in [2.75, 3.05) is 6.61 Å². The summed E-state index contributed by atoms with van der Waals surface area (Å²) in [6.45, 7) is 3.84. The van der Waals surface area contributed by atoms with E-state index in [1.807, 2.05) is 23.9 Å². The zero-order valence-electron chi connectivity index (χ0n) is 7.36. The van der Waals surface area contributed by atoms with Crippen molar-refractivity contribution >= 4 is 0 Å². The second-order valence-electron chi connectivity index (χ2n) is 3.31. The molecule has 0 radical (unpaired) electrons. The van der Waals surface area contributed by atoms with Crippen LogP contribution in [0.2, 0.25) is 0 Å². The highest BCUT2D eigenvalue weighted by molar-refractivity contribution is 4.94. The summed E-state index contributed by atoms with van der Waals surface area (Å²) in [5, 5.41) is 4.31. The molecule has 0 spiro atoms. The minimum atomic E-state index is 0.393. The predicted molar refractivity (Wildman–Crippen MR) is 45.9 cm³/mol. The van der Waals surface area contributed by atoms with Gasteiger partial charge in [0.15, 0.2) is 0 Å². The SMILES string of the molecule is Cc1ccn(CC2CCCO2)n1. The van der Waals surface area contributed by atoms with Crippen molar-refractivity contribution in [3.05, 3.63) is 18.0 Å². The molecule has 0 aromatic carbocycles. The van der Waals surface area contributed by atoms with Gasteiger partial charge in [0.1, 0.15) is 0 Å². The second kappa shape index (κ2) is 3.27. The first kappa shape index (κ1) is 7.80. The monoisotopic (exact) mass is 166 g/mol. The van der Waals surface area contributed by atoms with Gasteiger partial charge in [0.05, 0.1) is 18.3 Å². The van der Waals surface area contributed by atoms with Crippen LogP contribution in [0.25, 0.3) is 0 Å². The lowest BCUT2D eigenvalue weighted by atomic mass is 10.2. The van der Waals surface area contributed by atoms with Gasteiger partial charge in [0, 0.05) is 12.8 Å². The number of aromatic nitrogens is 2. The van der Waals surface area contributed by atoms with Crippen molar-refractivity contribution < 1.29 is 4.74 Å². The van der Waals surface area contributed by atoms with Gasteiger partial charge in [-0.1, -0.05) is 0 Å². The fourth-order valence-electron chi connectivity index (χ4n) is 1.56. The highest BCUT2D eigenvalue weighted by Crippen LogP contribution is 2.13. The maximum Gasteiger partial charge on any atom is 0.0771 e. The Labute approximate surface area is 72.3 Å². The van der Waals surface area contributed by atoms with Crippen LogP contribution in [0.1, 0.15) is 18.5 Å². The van der Waals surface area contributed by atoms with Crippen molar-refractivity contribution in [2.24, 2.45) is 0 Å². The molecule has 1 aliphatic heterocycles. The van der Waals surface area contributed by atoms with Crippen molar-refractivity contribution in [3.8, 4) is 0 Å². The van der Waals surface area contributed by atoms with Crippen molar-refractivity contribution in [1.29, 1.82) is 0 Å². The van der Waals surface area contributed by atoms with Gasteiger partial charge in [-0.05, 0) is 25.8 Å². The standard InChI is InChI=1S/C9H14N2O/c1-8-4-5-11(10-8)7-9-3-2-6-12-9/h4-5,9H,2-3,6-7H2,1H3. The van der Waals surface area contributed by atoms with E-state index in [4.69, 9.17) is 4.74 Å². The molecule has 1 unspecified atom stereocenters. The molecule has 12 heavy (non-hydrogen) atoms. The Bertz CT molecular complexity index is 251. The molecule has 1 aliphatic rings. The molecule has 2 rings (SSSR count). The van der Waals surface area contributed by atoms with E-state index in [0.29, 0.717) is 6.10 Å². The number of nitrogens with zero attached hydrogens (tertiary/aromatic N) is 2. The van der Waals surface area contributed by atoms with E-state index < -0.39 is 0 Å². The topological polar surface area (TPSA) is 27.1 Å². The second-order valence-corrected chi connectivity index (χ2v) is 3.31. The molecule has 0 saturated carbocycles. The van der Waals surface area contributed by atoms with Crippen LogP contribution in [0.4, 0.5) is 0 Å². The highest BCUT2D eigenvalue weighted by Gasteiger charge is 2.15. The summed E-state index contributed by atoms with van der Waals surface area (Å²) < 4.78 is 7.47. The molecule has 2 heterocycles. The molecule has 0 amide bonds. The lowest BCUT2D eigenvalue weighted by molar-refractivity contribution is 0.0939. The van der Waals surface area contributed by atoms with Gasteiger partial charge in [0.25, 0.3) is 0 Å². The van der Waals surface area contributed by atoms with Gasteiger partial charge >= 0.3 is 0 Å². The number of ether oxygens (including phenoxy) is 1. The summed E-state index contributed by atoms with van der Waals surface area (Å²) in [5.74, 6) is 0. The van der Waals surface area contributed by atoms with Gasteiger partial charge in [-0.3, -0.25) is 4.68 Å². The van der Waals surface area contributed by atoms with E-state index in [2.05, 4.69) is 5.10 Å². The zero-order valence-corrected chi connectivity index (χ0v) is 7.36. The summed E-state index contributed by atoms with van der Waals surface area (Å²) in [4.78, 5) is 0. The Kier molecular flexibility index (Phi) is 2.13. The highest BCUT2D eigenvalue weighted by atomic mass is 16.5. The molecule has 1 aromatic rings. The van der Waals surface area contributed by atoms with E-state index in [9.17, 15) is 0 Å². The van der Waals surface area contributed by atoms with Crippen LogP contribution < -0.4 is 0 Å². The molecule has 3 nitrogen and oxygen atoms in total. The summed E-state index contributed by atoms with van der Waals surface area (Å²) in [5.41, 5.74) is 1.08. The maximum atomic E-state index is 5.51. The summed E-state index contributed by atoms with van der Waals surface area (Å²) in [7, 11) is 0. The third-order valence-corrected chi connectivity index (χ3v) is 2.19. The van der Waals surface area contributed by atoms with Crippen molar-refractivity contribution in [1.82, 2.24) is 9.78 Å². The third kappa shape index (κ3) is 1.67. The summed E-state index contributed by atoms with van der Waals surface area (Å²) in [6, 6.07) is 2.02. The maximum absolute atomic E-state index is 5.51. The van der Waals surface area contributed by atoms with Gasteiger partial charge in [-0.2, -0.15) is 5.10 Å². The van der Waals surface area contributed by atoms with Crippen LogP contribution in [0.5, 0.6) is 0 Å². The van der Waals surface area contributed by atoms with Crippen molar-refractivity contribution in [3.63, 3.8) is 0 Å². The Hall–Kier alpha value is -0.830. The number of aryl methyl sites for hydroxylation is 1. The van der Waals surface area contributed by atoms with E-state index in [0.717, 1.165) is 18.8 Å². The smallest absolute Gasteiger partial charge is 0.0771 e.